The van der Waals surface area contributed by atoms with E-state index < -0.39 is 0 Å². The molecule has 0 radical (unpaired) electrons. The number of hydrogen-bond acceptors (Lipinski definition) is 2. The van der Waals surface area contributed by atoms with Crippen LogP contribution in [0.5, 0.6) is 0 Å². The molecule has 3 rings (SSSR count). The number of carbonyl (C=O) groups is 1. The van der Waals surface area contributed by atoms with Crippen molar-refractivity contribution in [3.63, 3.8) is 0 Å². The molecule has 0 saturated carbocycles. The standard InChI is InChI=1S/C20H21F2NO2/c1-12-9-15(10-13(2)19(12)22)20(25)23-17(11-24)7-8-18(23)14-3-5-16(21)6-4-14/h3-6,9-10,17-18,24H,7-8,11H2,1-2H3/t17-,18+/m0/s1. The smallest absolute Gasteiger partial charge is 0.254 e. The molecule has 2 aromatic carbocycles. The second-order valence-electron chi connectivity index (χ2n) is 6.62. The number of halogens is 2. The predicted molar refractivity (Wildman–Crippen MR) is 91.3 cm³/mol. The first-order valence-corrected chi connectivity index (χ1v) is 8.38. The Bertz CT molecular complexity index is 766. The number of hydrogen-bond donors (Lipinski definition) is 1. The lowest BCUT2D eigenvalue weighted by Gasteiger charge is -2.30. The van der Waals surface area contributed by atoms with Crippen molar-refractivity contribution in [1.82, 2.24) is 4.90 Å². The molecule has 132 valence electrons. The van der Waals surface area contributed by atoms with Gasteiger partial charge in [0.25, 0.3) is 5.91 Å². The molecule has 5 heteroatoms. The maximum absolute atomic E-state index is 13.9. The Morgan fingerprint density at radius 3 is 2.28 bits per heavy atom. The lowest BCUT2D eigenvalue weighted by molar-refractivity contribution is 0.0594. The molecule has 25 heavy (non-hydrogen) atoms. The van der Waals surface area contributed by atoms with Crippen LogP contribution in [0.1, 0.15) is 45.9 Å². The summed E-state index contributed by atoms with van der Waals surface area (Å²) in [4.78, 5) is 14.8. The Morgan fingerprint density at radius 2 is 1.72 bits per heavy atom. The second kappa shape index (κ2) is 6.92. The van der Waals surface area contributed by atoms with Gasteiger partial charge in [0, 0.05) is 5.56 Å². The first-order chi connectivity index (χ1) is 11.9. The van der Waals surface area contributed by atoms with Crippen molar-refractivity contribution in [1.29, 1.82) is 0 Å². The summed E-state index contributed by atoms with van der Waals surface area (Å²) in [6, 6.07) is 8.64. The summed E-state index contributed by atoms with van der Waals surface area (Å²) in [6.07, 6.45) is 1.37. The van der Waals surface area contributed by atoms with E-state index in [1.807, 2.05) is 0 Å². The predicted octanol–water partition coefficient (Wildman–Crippen LogP) is 3.92. The molecule has 1 aliphatic rings. The number of aliphatic hydroxyl groups excluding tert-OH is 1. The van der Waals surface area contributed by atoms with Gasteiger partial charge in [0.1, 0.15) is 11.6 Å². The zero-order valence-corrected chi connectivity index (χ0v) is 14.3. The van der Waals surface area contributed by atoms with Crippen molar-refractivity contribution >= 4 is 5.91 Å². The highest BCUT2D eigenvalue weighted by Gasteiger charge is 2.38. The largest absolute Gasteiger partial charge is 0.394 e. The minimum Gasteiger partial charge on any atom is -0.394 e. The van der Waals surface area contributed by atoms with Crippen molar-refractivity contribution in [3.8, 4) is 0 Å². The number of aliphatic hydroxyl groups is 1. The van der Waals surface area contributed by atoms with Gasteiger partial charge in [0.05, 0.1) is 18.7 Å². The van der Waals surface area contributed by atoms with E-state index in [0.717, 1.165) is 5.56 Å². The van der Waals surface area contributed by atoms with Gasteiger partial charge in [0.15, 0.2) is 0 Å². The number of rotatable bonds is 3. The van der Waals surface area contributed by atoms with Crippen LogP contribution < -0.4 is 0 Å². The van der Waals surface area contributed by atoms with Crippen LogP contribution in [0.4, 0.5) is 8.78 Å². The van der Waals surface area contributed by atoms with E-state index in [4.69, 9.17) is 0 Å². The van der Waals surface area contributed by atoms with Crippen LogP contribution in [0.3, 0.4) is 0 Å². The van der Waals surface area contributed by atoms with Crippen molar-refractivity contribution in [2.75, 3.05) is 6.61 Å². The van der Waals surface area contributed by atoms with E-state index >= 15 is 0 Å². The highest BCUT2D eigenvalue weighted by Crippen LogP contribution is 2.37. The number of likely N-dealkylation sites (tertiary alicyclic amines) is 1. The van der Waals surface area contributed by atoms with Gasteiger partial charge in [0.2, 0.25) is 0 Å². The van der Waals surface area contributed by atoms with Gasteiger partial charge in [-0.15, -0.1) is 0 Å². The number of amides is 1. The van der Waals surface area contributed by atoms with Crippen molar-refractivity contribution < 1.29 is 18.7 Å². The van der Waals surface area contributed by atoms with Crippen molar-refractivity contribution in [2.45, 2.75) is 38.8 Å². The van der Waals surface area contributed by atoms with E-state index in [0.29, 0.717) is 29.5 Å². The lowest BCUT2D eigenvalue weighted by atomic mass is 10.0. The molecule has 0 aliphatic carbocycles. The zero-order valence-electron chi connectivity index (χ0n) is 14.3. The van der Waals surface area contributed by atoms with Crippen molar-refractivity contribution in [2.24, 2.45) is 0 Å². The van der Waals surface area contributed by atoms with Crippen molar-refractivity contribution in [3.05, 3.63) is 70.3 Å². The minimum absolute atomic E-state index is 0.136. The summed E-state index contributed by atoms with van der Waals surface area (Å²) < 4.78 is 27.1. The van der Waals surface area contributed by atoms with E-state index in [9.17, 15) is 18.7 Å². The summed E-state index contributed by atoms with van der Waals surface area (Å²) in [6.45, 7) is 3.12. The summed E-state index contributed by atoms with van der Waals surface area (Å²) >= 11 is 0. The van der Waals surface area contributed by atoms with E-state index in [1.165, 1.54) is 12.1 Å². The molecule has 1 fully saturated rings. The summed E-state index contributed by atoms with van der Waals surface area (Å²) in [5, 5.41) is 9.68. The fourth-order valence-corrected chi connectivity index (χ4v) is 3.60. The lowest BCUT2D eigenvalue weighted by Crippen LogP contribution is -2.39. The molecule has 1 aliphatic heterocycles. The average Bonchev–Trinajstić information content (AvgIpc) is 3.03. The molecule has 1 saturated heterocycles. The first kappa shape index (κ1) is 17.5. The first-order valence-electron chi connectivity index (χ1n) is 8.38. The van der Waals surface area contributed by atoms with E-state index in [1.54, 1.807) is 43.0 Å². The van der Waals surface area contributed by atoms with Gasteiger partial charge >= 0.3 is 0 Å². The van der Waals surface area contributed by atoms with Gasteiger partial charge < -0.3 is 10.0 Å². The highest BCUT2D eigenvalue weighted by atomic mass is 19.1. The second-order valence-corrected chi connectivity index (χ2v) is 6.62. The molecule has 0 unspecified atom stereocenters. The number of aryl methyl sites for hydroxylation is 2. The van der Waals surface area contributed by atoms with Crippen LogP contribution in [-0.4, -0.2) is 28.6 Å². The maximum atomic E-state index is 13.9. The fourth-order valence-electron chi connectivity index (χ4n) is 3.60. The summed E-state index contributed by atoms with van der Waals surface area (Å²) in [5.74, 6) is -0.882. The van der Waals surface area contributed by atoms with Gasteiger partial charge in [-0.1, -0.05) is 12.1 Å². The van der Waals surface area contributed by atoms with Gasteiger partial charge in [-0.05, 0) is 67.6 Å². The molecule has 1 heterocycles. The summed E-state index contributed by atoms with van der Waals surface area (Å²) in [7, 11) is 0. The topological polar surface area (TPSA) is 40.5 Å². The van der Waals surface area contributed by atoms with Crippen LogP contribution in [0.2, 0.25) is 0 Å². The molecular weight excluding hydrogens is 324 g/mol. The van der Waals surface area contributed by atoms with E-state index in [2.05, 4.69) is 0 Å². The highest BCUT2D eigenvalue weighted by molar-refractivity contribution is 5.95. The van der Waals surface area contributed by atoms with Crippen LogP contribution >= 0.6 is 0 Å². The third-order valence-electron chi connectivity index (χ3n) is 4.89. The molecule has 0 bridgehead atoms. The number of nitrogens with zero attached hydrogens (tertiary/aromatic N) is 1. The SMILES string of the molecule is Cc1cc(C(=O)N2[C@H](CO)CC[C@@H]2c2ccc(F)cc2)cc(C)c1F. The van der Waals surface area contributed by atoms with Gasteiger partial charge in [-0.2, -0.15) is 0 Å². The monoisotopic (exact) mass is 345 g/mol. The molecule has 2 atom stereocenters. The Kier molecular flexibility index (Phi) is 4.86. The maximum Gasteiger partial charge on any atom is 0.254 e. The average molecular weight is 345 g/mol. The van der Waals surface area contributed by atoms with Gasteiger partial charge in [-0.25, -0.2) is 8.78 Å². The Balaban J connectivity index is 1.98. The molecule has 0 spiro atoms. The van der Waals surface area contributed by atoms with Crippen LogP contribution in [-0.2, 0) is 0 Å². The van der Waals surface area contributed by atoms with Crippen LogP contribution in [0.15, 0.2) is 36.4 Å². The fraction of sp³-hybridized carbons (Fsp3) is 0.350. The molecule has 1 N–H and O–H groups in total. The van der Waals surface area contributed by atoms with Gasteiger partial charge in [-0.3, -0.25) is 4.79 Å². The normalized spacial score (nSPS) is 20.1. The minimum atomic E-state index is -0.330. The molecule has 2 aromatic rings. The zero-order chi connectivity index (χ0) is 18.1. The van der Waals surface area contributed by atoms with Crippen LogP contribution in [0.25, 0.3) is 0 Å². The molecular formula is C20H21F2NO2. The van der Waals surface area contributed by atoms with E-state index in [-0.39, 0.29) is 36.2 Å². The third kappa shape index (κ3) is 3.29. The molecule has 0 aromatic heterocycles. The Labute approximate surface area is 145 Å². The molecule has 1 amide bonds. The summed E-state index contributed by atoms with van der Waals surface area (Å²) in [5.41, 5.74) is 2.08. The third-order valence-corrected chi connectivity index (χ3v) is 4.89. The Morgan fingerprint density at radius 1 is 1.12 bits per heavy atom. The molecule has 3 nitrogen and oxygen atoms in total. The number of carbonyl (C=O) groups excluding carboxylic acids is 1. The van der Waals surface area contributed by atoms with Crippen LogP contribution in [0, 0.1) is 25.5 Å². The quantitative estimate of drug-likeness (QED) is 0.916. The Hall–Kier alpha value is -2.27. The number of benzene rings is 2.